The molecule has 0 unspecified atom stereocenters. The molecular formula is C21H14F3N3O4. The van der Waals surface area contributed by atoms with Crippen molar-refractivity contribution >= 4 is 17.7 Å². The number of allylic oxidation sites excluding steroid dienone is 1. The molecule has 2 heterocycles. The number of nitriles is 1. The number of hydrogen-bond acceptors (Lipinski definition) is 5. The number of aryl methyl sites for hydroxylation is 1. The largest absolute Gasteiger partial charge is 0.433 e. The number of ketones is 1. The lowest BCUT2D eigenvalue weighted by Gasteiger charge is -2.13. The Kier molecular flexibility index (Phi) is 5.53. The van der Waals surface area contributed by atoms with E-state index in [0.29, 0.717) is 11.4 Å². The second-order valence-electron chi connectivity index (χ2n) is 6.60. The van der Waals surface area contributed by atoms with Crippen molar-refractivity contribution in [2.75, 3.05) is 0 Å². The topological polar surface area (TPSA) is 102 Å². The van der Waals surface area contributed by atoms with Crippen LogP contribution in [0.25, 0.3) is 11.8 Å². The first-order chi connectivity index (χ1) is 14.5. The fraction of sp³-hybridized carbons (Fsp3) is 0.143. The Hall–Kier alpha value is -4.13. The Morgan fingerprint density at radius 2 is 1.94 bits per heavy atom. The number of benzene rings is 1. The number of hydrogen-bond donors (Lipinski definition) is 0. The van der Waals surface area contributed by atoms with E-state index in [2.05, 4.69) is 0 Å². The highest BCUT2D eigenvalue weighted by Crippen LogP contribution is 2.32. The monoisotopic (exact) mass is 429 g/mol. The van der Waals surface area contributed by atoms with E-state index in [9.17, 15) is 33.3 Å². The van der Waals surface area contributed by atoms with Crippen molar-refractivity contribution in [2.24, 2.45) is 0 Å². The zero-order valence-electron chi connectivity index (χ0n) is 16.2. The van der Waals surface area contributed by atoms with Crippen molar-refractivity contribution in [1.29, 1.82) is 5.26 Å². The van der Waals surface area contributed by atoms with Gasteiger partial charge in [-0.3, -0.25) is 14.9 Å². The third-order valence-electron chi connectivity index (χ3n) is 4.55. The quantitative estimate of drug-likeness (QED) is 0.178. The number of halogens is 3. The average molecular weight is 429 g/mol. The maximum Gasteiger partial charge on any atom is 0.433 e. The van der Waals surface area contributed by atoms with Gasteiger partial charge in [0.15, 0.2) is 0 Å². The second kappa shape index (κ2) is 7.95. The van der Waals surface area contributed by atoms with Crippen LogP contribution in [0.1, 0.15) is 33.1 Å². The summed E-state index contributed by atoms with van der Waals surface area (Å²) in [5, 5.41) is 20.1. The summed E-state index contributed by atoms with van der Waals surface area (Å²) in [6.45, 7) is 3.17. The minimum absolute atomic E-state index is 0.0525. The zero-order chi connectivity index (χ0) is 22.9. The molecule has 10 heteroatoms. The first-order valence-corrected chi connectivity index (χ1v) is 8.80. The van der Waals surface area contributed by atoms with Crippen molar-refractivity contribution in [2.45, 2.75) is 20.0 Å². The lowest BCUT2D eigenvalue weighted by molar-refractivity contribution is -0.402. The van der Waals surface area contributed by atoms with Crippen LogP contribution in [-0.2, 0) is 6.18 Å². The van der Waals surface area contributed by atoms with Gasteiger partial charge in [-0.05, 0) is 44.2 Å². The third-order valence-corrected chi connectivity index (χ3v) is 4.55. The summed E-state index contributed by atoms with van der Waals surface area (Å²) >= 11 is 0. The van der Waals surface area contributed by atoms with Gasteiger partial charge in [-0.2, -0.15) is 18.4 Å². The van der Waals surface area contributed by atoms with E-state index in [1.54, 1.807) is 19.9 Å². The lowest BCUT2D eigenvalue weighted by atomic mass is 10.0. The van der Waals surface area contributed by atoms with Gasteiger partial charge in [-0.25, -0.2) is 0 Å². The number of nitro groups is 1. The molecule has 0 saturated carbocycles. The van der Waals surface area contributed by atoms with Gasteiger partial charge in [0.25, 0.3) is 0 Å². The molecule has 1 aromatic carbocycles. The average Bonchev–Trinajstić information content (AvgIpc) is 3.29. The van der Waals surface area contributed by atoms with Gasteiger partial charge in [-0.1, -0.05) is 6.07 Å². The Labute approximate surface area is 173 Å². The molecule has 0 aliphatic heterocycles. The molecule has 3 rings (SSSR count). The van der Waals surface area contributed by atoms with Crippen LogP contribution in [0.3, 0.4) is 0 Å². The number of alkyl halides is 3. The molecule has 3 aromatic rings. The summed E-state index contributed by atoms with van der Waals surface area (Å²) in [4.78, 5) is 22.9. The van der Waals surface area contributed by atoms with E-state index in [1.807, 2.05) is 0 Å². The maximum absolute atomic E-state index is 13.1. The number of carbonyl (C=O) groups is 1. The highest BCUT2D eigenvalue weighted by molar-refractivity contribution is 6.14. The molecule has 0 bridgehead atoms. The number of carbonyl (C=O) groups excluding carboxylic acids is 1. The molecule has 0 amide bonds. The van der Waals surface area contributed by atoms with Crippen LogP contribution in [-0.4, -0.2) is 15.3 Å². The fourth-order valence-corrected chi connectivity index (χ4v) is 3.17. The fourth-order valence-electron chi connectivity index (χ4n) is 3.17. The number of furan rings is 1. The molecule has 158 valence electrons. The van der Waals surface area contributed by atoms with Gasteiger partial charge in [0.2, 0.25) is 5.78 Å². The summed E-state index contributed by atoms with van der Waals surface area (Å²) in [7, 11) is 0. The molecule has 0 saturated heterocycles. The van der Waals surface area contributed by atoms with Crippen molar-refractivity contribution in [1.82, 2.24) is 4.57 Å². The smallest absolute Gasteiger partial charge is 0.401 e. The molecule has 0 N–H and O–H groups in total. The summed E-state index contributed by atoms with van der Waals surface area (Å²) in [6.07, 6.45) is -3.45. The van der Waals surface area contributed by atoms with Gasteiger partial charge in [0.1, 0.15) is 22.3 Å². The minimum Gasteiger partial charge on any atom is -0.401 e. The molecule has 2 aromatic heterocycles. The number of aromatic nitrogens is 1. The van der Waals surface area contributed by atoms with Crippen LogP contribution in [0.4, 0.5) is 19.1 Å². The molecular weight excluding hydrogens is 415 g/mol. The SMILES string of the molecule is Cc1cc(C(=O)C(C#N)=Cc2ccc([N+](=O)[O-])o2)c(C)n1-c1cccc(C(F)(F)F)c1. The van der Waals surface area contributed by atoms with E-state index in [0.717, 1.165) is 24.3 Å². The summed E-state index contributed by atoms with van der Waals surface area (Å²) in [6, 6.07) is 10.2. The van der Waals surface area contributed by atoms with Gasteiger partial charge in [0.05, 0.1) is 11.6 Å². The molecule has 0 aliphatic rings. The van der Waals surface area contributed by atoms with E-state index >= 15 is 0 Å². The van der Waals surface area contributed by atoms with E-state index in [4.69, 9.17) is 4.42 Å². The van der Waals surface area contributed by atoms with Crippen LogP contribution in [0, 0.1) is 35.3 Å². The minimum atomic E-state index is -4.52. The summed E-state index contributed by atoms with van der Waals surface area (Å²) in [5.41, 5.74) is -0.00719. The van der Waals surface area contributed by atoms with Gasteiger partial charge in [-0.15, -0.1) is 0 Å². The van der Waals surface area contributed by atoms with Crippen LogP contribution in [0.15, 0.2) is 52.5 Å². The molecule has 0 fully saturated rings. The van der Waals surface area contributed by atoms with Crippen LogP contribution < -0.4 is 0 Å². The summed E-state index contributed by atoms with van der Waals surface area (Å²) in [5.74, 6) is -1.28. The maximum atomic E-state index is 13.1. The normalized spacial score (nSPS) is 11.9. The molecule has 7 nitrogen and oxygen atoms in total. The first kappa shape index (κ1) is 21.6. The molecule has 0 atom stereocenters. The number of Topliss-reactive ketones (excluding diaryl/α,β-unsaturated/α-hetero) is 1. The summed E-state index contributed by atoms with van der Waals surface area (Å²) < 4.78 is 45.6. The van der Waals surface area contributed by atoms with E-state index in [-0.39, 0.29) is 22.6 Å². The zero-order valence-corrected chi connectivity index (χ0v) is 16.2. The highest BCUT2D eigenvalue weighted by atomic mass is 19.4. The Balaban J connectivity index is 2.02. The van der Waals surface area contributed by atoms with E-state index < -0.39 is 28.3 Å². The van der Waals surface area contributed by atoms with Gasteiger partial charge in [0, 0.05) is 28.7 Å². The van der Waals surface area contributed by atoms with Crippen LogP contribution in [0.5, 0.6) is 0 Å². The van der Waals surface area contributed by atoms with Crippen LogP contribution in [0.2, 0.25) is 0 Å². The Morgan fingerprint density at radius 3 is 2.52 bits per heavy atom. The molecule has 0 aliphatic carbocycles. The standard InChI is InChI=1S/C21H14F3N3O4/c1-12-8-18(13(2)26(12)16-5-3-4-15(10-16)21(22,23)24)20(28)14(11-25)9-17-6-7-19(31-17)27(29)30/h3-10H,1-2H3. The van der Waals surface area contributed by atoms with Crippen molar-refractivity contribution in [3.63, 3.8) is 0 Å². The highest BCUT2D eigenvalue weighted by Gasteiger charge is 2.31. The molecule has 0 spiro atoms. The molecule has 31 heavy (non-hydrogen) atoms. The number of nitrogens with zero attached hydrogens (tertiary/aromatic N) is 3. The van der Waals surface area contributed by atoms with E-state index in [1.165, 1.54) is 28.8 Å². The first-order valence-electron chi connectivity index (χ1n) is 8.80. The Morgan fingerprint density at radius 1 is 1.23 bits per heavy atom. The third kappa shape index (κ3) is 4.25. The Bertz CT molecular complexity index is 1260. The predicted octanol–water partition coefficient (Wildman–Crippen LogP) is 5.40. The van der Waals surface area contributed by atoms with Crippen LogP contribution >= 0.6 is 0 Å². The molecule has 0 radical (unpaired) electrons. The lowest BCUT2D eigenvalue weighted by Crippen LogP contribution is -2.08. The van der Waals surface area contributed by atoms with Gasteiger partial charge < -0.3 is 8.98 Å². The van der Waals surface area contributed by atoms with Crippen molar-refractivity contribution in [3.05, 3.63) is 86.4 Å². The second-order valence-corrected chi connectivity index (χ2v) is 6.60. The van der Waals surface area contributed by atoms with Gasteiger partial charge >= 0.3 is 12.1 Å². The predicted molar refractivity (Wildman–Crippen MR) is 104 cm³/mol. The number of rotatable bonds is 5. The van der Waals surface area contributed by atoms with Crippen molar-refractivity contribution in [3.8, 4) is 11.8 Å². The van der Waals surface area contributed by atoms with Crippen molar-refractivity contribution < 1.29 is 27.3 Å².